The van der Waals surface area contributed by atoms with Gasteiger partial charge in [0.1, 0.15) is 5.01 Å². The lowest BCUT2D eigenvalue weighted by Crippen LogP contribution is -2.50. The normalized spacial score (nSPS) is 15.6. The number of methoxy groups -OCH3 is 1. The Balaban J connectivity index is 3.18. The molecule has 0 saturated heterocycles. The van der Waals surface area contributed by atoms with E-state index < -0.39 is 0 Å². The van der Waals surface area contributed by atoms with Gasteiger partial charge in [0, 0.05) is 17.9 Å². The molecule has 20 heavy (non-hydrogen) atoms. The van der Waals surface area contributed by atoms with Gasteiger partial charge in [-0.15, -0.1) is 11.3 Å². The predicted octanol–water partition coefficient (Wildman–Crippen LogP) is 3.94. The average Bonchev–Trinajstić information content (AvgIpc) is 2.83. The zero-order valence-corrected chi connectivity index (χ0v) is 14.9. The Morgan fingerprint density at radius 1 is 1.35 bits per heavy atom. The second-order valence-electron chi connectivity index (χ2n) is 6.77. The molecule has 1 aromatic heterocycles. The largest absolute Gasteiger partial charge is 0.382 e. The fourth-order valence-corrected chi connectivity index (χ4v) is 3.56. The third-order valence-electron chi connectivity index (χ3n) is 3.70. The van der Waals surface area contributed by atoms with Crippen LogP contribution in [0.25, 0.3) is 0 Å². The number of nitrogens with one attached hydrogen (secondary N) is 1. The summed E-state index contributed by atoms with van der Waals surface area (Å²) < 4.78 is 5.52. The molecule has 0 aliphatic heterocycles. The van der Waals surface area contributed by atoms with Crippen LogP contribution >= 0.6 is 11.3 Å². The van der Waals surface area contributed by atoms with Crippen molar-refractivity contribution in [2.75, 3.05) is 20.3 Å². The molecule has 0 aromatic carbocycles. The van der Waals surface area contributed by atoms with Crippen molar-refractivity contribution in [2.24, 2.45) is 5.92 Å². The first kappa shape index (κ1) is 17.6. The summed E-state index contributed by atoms with van der Waals surface area (Å²) in [6.45, 7) is 14.9. The lowest BCUT2D eigenvalue weighted by atomic mass is 9.87. The van der Waals surface area contributed by atoms with Crippen LogP contribution in [-0.2, 0) is 15.7 Å². The molecule has 0 fully saturated rings. The summed E-state index contributed by atoms with van der Waals surface area (Å²) >= 11 is 1.75. The van der Waals surface area contributed by atoms with E-state index in [4.69, 9.17) is 9.72 Å². The smallest absolute Gasteiger partial charge is 0.116 e. The SMILES string of the molecule is CCCNC(COC)(c1nc(C(C)(C)C)cs1)C(C)C. The zero-order valence-electron chi connectivity index (χ0n) is 14.0. The molecule has 1 aromatic rings. The minimum Gasteiger partial charge on any atom is -0.382 e. The van der Waals surface area contributed by atoms with Gasteiger partial charge in [0.2, 0.25) is 0 Å². The predicted molar refractivity (Wildman–Crippen MR) is 87.5 cm³/mol. The van der Waals surface area contributed by atoms with Crippen molar-refractivity contribution in [1.29, 1.82) is 0 Å². The van der Waals surface area contributed by atoms with Gasteiger partial charge in [0.25, 0.3) is 0 Å². The van der Waals surface area contributed by atoms with E-state index in [1.807, 2.05) is 0 Å². The fourth-order valence-electron chi connectivity index (χ4n) is 2.20. The minimum absolute atomic E-state index is 0.0926. The van der Waals surface area contributed by atoms with E-state index in [9.17, 15) is 0 Å². The highest BCUT2D eigenvalue weighted by atomic mass is 32.1. The van der Waals surface area contributed by atoms with Gasteiger partial charge in [-0.2, -0.15) is 0 Å². The molecule has 0 aliphatic carbocycles. The summed E-state index contributed by atoms with van der Waals surface area (Å²) in [7, 11) is 1.77. The molecular formula is C16H30N2OS. The van der Waals surface area contributed by atoms with Gasteiger partial charge in [-0.25, -0.2) is 4.98 Å². The maximum Gasteiger partial charge on any atom is 0.116 e. The summed E-state index contributed by atoms with van der Waals surface area (Å²) in [4.78, 5) is 4.92. The number of nitrogens with zero attached hydrogens (tertiary/aromatic N) is 1. The molecular weight excluding hydrogens is 268 g/mol. The molecule has 0 aliphatic rings. The first-order chi connectivity index (χ1) is 9.28. The highest BCUT2D eigenvalue weighted by molar-refractivity contribution is 7.09. The Morgan fingerprint density at radius 2 is 2.00 bits per heavy atom. The second-order valence-corrected chi connectivity index (χ2v) is 7.63. The van der Waals surface area contributed by atoms with E-state index in [0.29, 0.717) is 12.5 Å². The molecule has 0 amide bonds. The van der Waals surface area contributed by atoms with Crippen molar-refractivity contribution >= 4 is 11.3 Å². The second kappa shape index (κ2) is 7.01. The summed E-state index contributed by atoms with van der Waals surface area (Å²) in [5.74, 6) is 0.424. The van der Waals surface area contributed by atoms with Gasteiger partial charge < -0.3 is 10.1 Å². The van der Waals surface area contributed by atoms with Gasteiger partial charge in [0.05, 0.1) is 17.8 Å². The molecule has 1 heterocycles. The quantitative estimate of drug-likeness (QED) is 0.828. The van der Waals surface area contributed by atoms with E-state index >= 15 is 0 Å². The summed E-state index contributed by atoms with van der Waals surface area (Å²) in [6, 6.07) is 0. The number of aromatic nitrogens is 1. The molecule has 0 radical (unpaired) electrons. The van der Waals surface area contributed by atoms with Crippen LogP contribution in [-0.4, -0.2) is 25.2 Å². The molecule has 1 rings (SSSR count). The van der Waals surface area contributed by atoms with Gasteiger partial charge in [0.15, 0.2) is 0 Å². The number of thiazole rings is 1. The monoisotopic (exact) mass is 298 g/mol. The molecule has 0 bridgehead atoms. The van der Waals surface area contributed by atoms with Gasteiger partial charge >= 0.3 is 0 Å². The highest BCUT2D eigenvalue weighted by Crippen LogP contribution is 2.35. The average molecular weight is 298 g/mol. The Morgan fingerprint density at radius 3 is 2.40 bits per heavy atom. The van der Waals surface area contributed by atoms with Crippen molar-refractivity contribution in [3.63, 3.8) is 0 Å². The van der Waals surface area contributed by atoms with Crippen LogP contribution in [0.15, 0.2) is 5.38 Å². The third-order valence-corrected chi connectivity index (χ3v) is 4.72. The van der Waals surface area contributed by atoms with E-state index in [2.05, 4.69) is 52.2 Å². The third kappa shape index (κ3) is 3.80. The van der Waals surface area contributed by atoms with Crippen LogP contribution in [0.1, 0.15) is 58.7 Å². The van der Waals surface area contributed by atoms with Crippen LogP contribution in [0.2, 0.25) is 0 Å². The molecule has 1 atom stereocenters. The number of rotatable bonds is 7. The standard InChI is InChI=1S/C16H30N2OS/c1-8-9-17-16(11-19-7,12(2)3)14-18-13(10-20-14)15(4,5)6/h10,12,17H,8-9,11H2,1-7H3. The fraction of sp³-hybridized carbons (Fsp3) is 0.812. The molecule has 3 nitrogen and oxygen atoms in total. The van der Waals surface area contributed by atoms with E-state index in [1.54, 1.807) is 18.4 Å². The summed E-state index contributed by atoms with van der Waals surface area (Å²) in [6.07, 6.45) is 1.11. The highest BCUT2D eigenvalue weighted by Gasteiger charge is 2.38. The maximum atomic E-state index is 5.52. The Bertz CT molecular complexity index is 409. The number of ether oxygens (including phenoxy) is 1. The molecule has 116 valence electrons. The molecule has 1 unspecified atom stereocenters. The van der Waals surface area contributed by atoms with Crippen molar-refractivity contribution in [2.45, 2.75) is 58.9 Å². The van der Waals surface area contributed by atoms with Crippen LogP contribution < -0.4 is 5.32 Å². The van der Waals surface area contributed by atoms with E-state index in [1.165, 1.54) is 0 Å². The van der Waals surface area contributed by atoms with Crippen molar-refractivity contribution < 1.29 is 4.74 Å². The van der Waals surface area contributed by atoms with Crippen LogP contribution in [0.3, 0.4) is 0 Å². The lowest BCUT2D eigenvalue weighted by Gasteiger charge is -2.36. The van der Waals surface area contributed by atoms with Gasteiger partial charge in [-0.05, 0) is 18.9 Å². The van der Waals surface area contributed by atoms with E-state index in [0.717, 1.165) is 23.7 Å². The van der Waals surface area contributed by atoms with Crippen LogP contribution in [0.5, 0.6) is 0 Å². The zero-order chi connectivity index (χ0) is 15.4. The van der Waals surface area contributed by atoms with Crippen molar-refractivity contribution in [3.8, 4) is 0 Å². The van der Waals surface area contributed by atoms with Gasteiger partial charge in [-0.3, -0.25) is 0 Å². The molecule has 0 spiro atoms. The molecule has 4 heteroatoms. The van der Waals surface area contributed by atoms with E-state index in [-0.39, 0.29) is 11.0 Å². The Kier molecular flexibility index (Phi) is 6.17. The first-order valence-electron chi connectivity index (χ1n) is 7.48. The van der Waals surface area contributed by atoms with Crippen LogP contribution in [0, 0.1) is 5.92 Å². The lowest BCUT2D eigenvalue weighted by molar-refractivity contribution is 0.0760. The molecule has 1 N–H and O–H groups in total. The summed E-state index contributed by atoms with van der Waals surface area (Å²) in [5, 5.41) is 7.02. The van der Waals surface area contributed by atoms with Crippen molar-refractivity contribution in [3.05, 3.63) is 16.1 Å². The Labute approximate surface area is 128 Å². The first-order valence-corrected chi connectivity index (χ1v) is 8.36. The topological polar surface area (TPSA) is 34.1 Å². The van der Waals surface area contributed by atoms with Crippen molar-refractivity contribution in [1.82, 2.24) is 10.3 Å². The number of hydrogen-bond acceptors (Lipinski definition) is 4. The maximum absolute atomic E-state index is 5.52. The Hall–Kier alpha value is -0.450. The van der Waals surface area contributed by atoms with Gasteiger partial charge in [-0.1, -0.05) is 41.5 Å². The molecule has 0 saturated carbocycles. The van der Waals surface area contributed by atoms with Crippen LogP contribution in [0.4, 0.5) is 0 Å². The minimum atomic E-state index is -0.182. The summed E-state index contributed by atoms with van der Waals surface area (Å²) in [5.41, 5.74) is 1.07. The number of hydrogen-bond donors (Lipinski definition) is 1.